The van der Waals surface area contributed by atoms with Gasteiger partial charge in [0.25, 0.3) is 0 Å². The van der Waals surface area contributed by atoms with Crippen LogP contribution in [0.15, 0.2) is 12.2 Å². The highest BCUT2D eigenvalue weighted by Crippen LogP contribution is 2.37. The van der Waals surface area contributed by atoms with Gasteiger partial charge in [0.05, 0.1) is 6.10 Å². The molecule has 0 N–H and O–H groups in total. The molecule has 0 saturated carbocycles. The van der Waals surface area contributed by atoms with Crippen LogP contribution in [-0.2, 0) is 4.43 Å². The minimum Gasteiger partial charge on any atom is -0.411 e. The second-order valence-corrected chi connectivity index (χ2v) is 11.5. The molecule has 0 aromatic carbocycles. The molecular weight excluding hydrogens is 248 g/mol. The van der Waals surface area contributed by atoms with E-state index in [0.29, 0.717) is 6.42 Å². The molecule has 0 unspecified atom stereocenters. The molecule has 0 spiro atoms. The van der Waals surface area contributed by atoms with Crippen molar-refractivity contribution in [2.45, 2.75) is 84.0 Å². The first kappa shape index (κ1) is 18.5. The number of terminal acetylenes is 1. The van der Waals surface area contributed by atoms with Gasteiger partial charge in [0.2, 0.25) is 0 Å². The van der Waals surface area contributed by atoms with Crippen molar-refractivity contribution < 1.29 is 4.43 Å². The summed E-state index contributed by atoms with van der Waals surface area (Å²) in [5, 5.41) is 0.260. The van der Waals surface area contributed by atoms with E-state index in [9.17, 15) is 0 Å². The van der Waals surface area contributed by atoms with Gasteiger partial charge < -0.3 is 4.43 Å². The van der Waals surface area contributed by atoms with Crippen molar-refractivity contribution in [3.05, 3.63) is 12.2 Å². The zero-order valence-corrected chi connectivity index (χ0v) is 14.8. The lowest BCUT2D eigenvalue weighted by molar-refractivity contribution is 0.211. The zero-order valence-electron chi connectivity index (χ0n) is 13.8. The van der Waals surface area contributed by atoms with E-state index in [4.69, 9.17) is 10.8 Å². The third-order valence-electron chi connectivity index (χ3n) is 3.93. The molecule has 0 saturated heterocycles. The standard InChI is InChI=1S/C17H32OSi/c1-8-10-12-14-16(15-13-11-9-2)18-19(6,7)17(3,4)5/h1,12,14,16H,9-11,13,15H2,2-7H3/b14-12+/t16-/m0/s1. The molecule has 0 aromatic rings. The smallest absolute Gasteiger partial charge is 0.192 e. The first-order valence-corrected chi connectivity index (χ1v) is 10.4. The second kappa shape index (κ2) is 8.61. The Labute approximate surface area is 122 Å². The molecule has 0 fully saturated rings. The van der Waals surface area contributed by atoms with E-state index in [0.717, 1.165) is 6.42 Å². The Morgan fingerprint density at radius 2 is 1.89 bits per heavy atom. The molecule has 0 amide bonds. The van der Waals surface area contributed by atoms with Crippen LogP contribution in [0.4, 0.5) is 0 Å². The van der Waals surface area contributed by atoms with Crippen molar-refractivity contribution >= 4 is 8.32 Å². The van der Waals surface area contributed by atoms with Crippen LogP contribution in [0.25, 0.3) is 0 Å². The topological polar surface area (TPSA) is 9.23 Å². The fraction of sp³-hybridized carbons (Fsp3) is 0.765. The molecule has 0 aromatic heterocycles. The van der Waals surface area contributed by atoms with Crippen LogP contribution in [0.5, 0.6) is 0 Å². The van der Waals surface area contributed by atoms with Gasteiger partial charge in [-0.05, 0) is 24.6 Å². The quantitative estimate of drug-likeness (QED) is 0.245. The van der Waals surface area contributed by atoms with E-state index < -0.39 is 8.32 Å². The number of hydrogen-bond acceptors (Lipinski definition) is 1. The Kier molecular flexibility index (Phi) is 8.37. The Morgan fingerprint density at radius 1 is 1.26 bits per heavy atom. The Hall–Kier alpha value is -0.523. The van der Waals surface area contributed by atoms with Crippen LogP contribution in [-0.4, -0.2) is 14.4 Å². The van der Waals surface area contributed by atoms with Gasteiger partial charge in [0.1, 0.15) is 0 Å². The SMILES string of the molecule is C#CC/C=C/[C@@H](CCCCC)O[Si](C)(C)C(C)(C)C. The summed E-state index contributed by atoms with van der Waals surface area (Å²) in [5.41, 5.74) is 0. The normalized spacial score (nSPS) is 14.6. The van der Waals surface area contributed by atoms with Gasteiger partial charge >= 0.3 is 0 Å². The van der Waals surface area contributed by atoms with E-state index >= 15 is 0 Å². The molecule has 0 bridgehead atoms. The largest absolute Gasteiger partial charge is 0.411 e. The van der Waals surface area contributed by atoms with Crippen molar-refractivity contribution in [1.82, 2.24) is 0 Å². The van der Waals surface area contributed by atoms with E-state index in [1.807, 2.05) is 0 Å². The van der Waals surface area contributed by atoms with Gasteiger partial charge in [-0.25, -0.2) is 0 Å². The second-order valence-electron chi connectivity index (χ2n) is 6.75. The van der Waals surface area contributed by atoms with Gasteiger partial charge in [-0.2, -0.15) is 0 Å². The van der Waals surface area contributed by atoms with Gasteiger partial charge in [-0.3, -0.25) is 0 Å². The first-order chi connectivity index (χ1) is 8.74. The fourth-order valence-corrected chi connectivity index (χ4v) is 2.94. The Bertz CT molecular complexity index is 304. The lowest BCUT2D eigenvalue weighted by atomic mass is 10.1. The molecule has 0 aliphatic heterocycles. The molecule has 1 nitrogen and oxygen atoms in total. The van der Waals surface area contributed by atoms with Crippen molar-refractivity contribution in [3.63, 3.8) is 0 Å². The van der Waals surface area contributed by atoms with E-state index in [1.54, 1.807) is 0 Å². The van der Waals surface area contributed by atoms with E-state index in [-0.39, 0.29) is 11.1 Å². The van der Waals surface area contributed by atoms with Crippen molar-refractivity contribution in [1.29, 1.82) is 0 Å². The number of allylic oxidation sites excluding steroid dienone is 1. The third kappa shape index (κ3) is 7.60. The molecule has 1 atom stereocenters. The van der Waals surface area contributed by atoms with Crippen LogP contribution in [0.2, 0.25) is 18.1 Å². The predicted octanol–water partition coefficient (Wildman–Crippen LogP) is 5.54. The van der Waals surface area contributed by atoms with Gasteiger partial charge in [-0.1, -0.05) is 59.1 Å². The van der Waals surface area contributed by atoms with E-state index in [1.165, 1.54) is 19.3 Å². The number of rotatable bonds is 8. The summed E-state index contributed by atoms with van der Waals surface area (Å²) in [6, 6.07) is 0. The molecule has 0 rings (SSSR count). The first-order valence-electron chi connectivity index (χ1n) is 7.52. The molecule has 0 heterocycles. The zero-order chi connectivity index (χ0) is 14.9. The van der Waals surface area contributed by atoms with Crippen LogP contribution >= 0.6 is 0 Å². The lowest BCUT2D eigenvalue weighted by Gasteiger charge is -2.38. The van der Waals surface area contributed by atoms with Crippen LogP contribution in [0.1, 0.15) is 59.8 Å². The minimum absolute atomic E-state index is 0.237. The number of unbranched alkanes of at least 4 members (excludes halogenated alkanes) is 2. The fourth-order valence-electron chi connectivity index (χ4n) is 1.63. The Morgan fingerprint density at radius 3 is 2.37 bits per heavy atom. The summed E-state index contributed by atoms with van der Waals surface area (Å²) in [6.45, 7) is 13.7. The maximum absolute atomic E-state index is 6.48. The number of hydrogen-bond donors (Lipinski definition) is 0. The molecule has 0 aliphatic carbocycles. The van der Waals surface area contributed by atoms with E-state index in [2.05, 4.69) is 58.9 Å². The maximum Gasteiger partial charge on any atom is 0.192 e. The molecule has 2 heteroatoms. The van der Waals surface area contributed by atoms with Gasteiger partial charge in [0.15, 0.2) is 8.32 Å². The highest BCUT2D eigenvalue weighted by atomic mass is 28.4. The van der Waals surface area contributed by atoms with Crippen LogP contribution in [0.3, 0.4) is 0 Å². The average Bonchev–Trinajstić information content (AvgIpc) is 2.27. The summed E-state index contributed by atoms with van der Waals surface area (Å²) in [7, 11) is -1.69. The lowest BCUT2D eigenvalue weighted by Crippen LogP contribution is -2.43. The molecule has 0 radical (unpaired) electrons. The monoisotopic (exact) mass is 280 g/mol. The Balaban J connectivity index is 4.61. The average molecular weight is 281 g/mol. The minimum atomic E-state index is -1.69. The van der Waals surface area contributed by atoms with Crippen LogP contribution < -0.4 is 0 Å². The van der Waals surface area contributed by atoms with Crippen molar-refractivity contribution in [3.8, 4) is 12.3 Å². The van der Waals surface area contributed by atoms with Crippen molar-refractivity contribution in [2.24, 2.45) is 0 Å². The van der Waals surface area contributed by atoms with Gasteiger partial charge in [-0.15, -0.1) is 12.3 Å². The molecular formula is C17H32OSi. The summed E-state index contributed by atoms with van der Waals surface area (Å²) in [4.78, 5) is 0. The molecule has 110 valence electrons. The highest BCUT2D eigenvalue weighted by Gasteiger charge is 2.38. The predicted molar refractivity (Wildman–Crippen MR) is 88.8 cm³/mol. The maximum atomic E-state index is 6.48. The van der Waals surface area contributed by atoms with Crippen molar-refractivity contribution in [2.75, 3.05) is 0 Å². The molecule has 19 heavy (non-hydrogen) atoms. The highest BCUT2D eigenvalue weighted by molar-refractivity contribution is 6.74. The third-order valence-corrected chi connectivity index (χ3v) is 8.44. The summed E-state index contributed by atoms with van der Waals surface area (Å²) < 4.78 is 6.48. The summed E-state index contributed by atoms with van der Waals surface area (Å²) >= 11 is 0. The molecule has 0 aliphatic rings. The van der Waals surface area contributed by atoms with Gasteiger partial charge in [0, 0.05) is 6.42 Å². The van der Waals surface area contributed by atoms with Crippen LogP contribution in [0, 0.1) is 12.3 Å². The summed E-state index contributed by atoms with van der Waals surface area (Å²) in [5.74, 6) is 2.65. The summed E-state index contributed by atoms with van der Waals surface area (Å²) in [6.07, 6.45) is 15.4.